The Kier molecular flexibility index (Phi) is 7.78. The maximum atomic E-state index is 13.0. The second-order valence-electron chi connectivity index (χ2n) is 9.30. The monoisotopic (exact) mass is 487 g/mol. The van der Waals surface area contributed by atoms with Crippen molar-refractivity contribution in [1.29, 1.82) is 0 Å². The highest BCUT2D eigenvalue weighted by Gasteiger charge is 2.27. The van der Waals surface area contributed by atoms with Crippen molar-refractivity contribution in [3.05, 3.63) is 83.4 Å². The number of nitrogens with zero attached hydrogens (tertiary/aromatic N) is 1. The minimum Gasteiger partial charge on any atom is -0.497 e. The van der Waals surface area contributed by atoms with Gasteiger partial charge in [0, 0.05) is 30.0 Å². The molecule has 1 unspecified atom stereocenters. The second-order valence-corrected chi connectivity index (χ2v) is 9.30. The van der Waals surface area contributed by atoms with Gasteiger partial charge in [-0.2, -0.15) is 0 Å². The summed E-state index contributed by atoms with van der Waals surface area (Å²) in [5, 5.41) is 5.75. The fourth-order valence-corrected chi connectivity index (χ4v) is 4.17. The standard InChI is InChI=1S/C29H33N3O4/c1-19(2)22-7-9-24(10-8-22)30-29(34)31-25-11-14-27-23(17-25)18-32(28(33)20(3)36-27)16-15-21-5-12-26(35-4)13-6-21/h5-14,17,19-20H,15-16,18H2,1-4H3,(H2,30,31,34). The predicted molar refractivity (Wildman–Crippen MR) is 142 cm³/mol. The highest BCUT2D eigenvalue weighted by Crippen LogP contribution is 2.29. The zero-order chi connectivity index (χ0) is 25.7. The van der Waals surface area contributed by atoms with Gasteiger partial charge in [-0.15, -0.1) is 0 Å². The van der Waals surface area contributed by atoms with Crippen LogP contribution in [-0.2, 0) is 17.8 Å². The molecule has 3 aromatic rings. The van der Waals surface area contributed by atoms with Crippen LogP contribution in [-0.4, -0.2) is 36.6 Å². The normalized spacial score (nSPS) is 15.1. The van der Waals surface area contributed by atoms with E-state index in [0.717, 1.165) is 22.6 Å². The van der Waals surface area contributed by atoms with Gasteiger partial charge in [0.1, 0.15) is 11.5 Å². The van der Waals surface area contributed by atoms with E-state index in [0.29, 0.717) is 36.9 Å². The molecular formula is C29H33N3O4. The number of hydrogen-bond donors (Lipinski definition) is 2. The first-order valence-corrected chi connectivity index (χ1v) is 12.2. The van der Waals surface area contributed by atoms with E-state index in [1.807, 2.05) is 54.6 Å². The van der Waals surface area contributed by atoms with Crippen LogP contribution in [0.3, 0.4) is 0 Å². The Morgan fingerprint density at radius 1 is 1.03 bits per heavy atom. The van der Waals surface area contributed by atoms with E-state index in [9.17, 15) is 9.59 Å². The first-order chi connectivity index (χ1) is 17.3. The van der Waals surface area contributed by atoms with Crippen molar-refractivity contribution in [2.45, 2.75) is 45.8 Å². The number of carbonyl (C=O) groups excluding carboxylic acids is 2. The van der Waals surface area contributed by atoms with E-state index in [1.54, 1.807) is 31.1 Å². The van der Waals surface area contributed by atoms with Gasteiger partial charge >= 0.3 is 6.03 Å². The maximum Gasteiger partial charge on any atom is 0.323 e. The zero-order valence-corrected chi connectivity index (χ0v) is 21.2. The van der Waals surface area contributed by atoms with Gasteiger partial charge in [-0.1, -0.05) is 38.1 Å². The minimum atomic E-state index is -0.585. The molecule has 0 spiro atoms. The quantitative estimate of drug-likeness (QED) is 0.440. The molecule has 0 radical (unpaired) electrons. The fourth-order valence-electron chi connectivity index (χ4n) is 4.17. The molecule has 4 rings (SSSR count). The Labute approximate surface area is 212 Å². The lowest BCUT2D eigenvalue weighted by Crippen LogP contribution is -2.39. The summed E-state index contributed by atoms with van der Waals surface area (Å²) in [5.41, 5.74) is 4.54. The molecule has 188 valence electrons. The molecule has 0 fully saturated rings. The van der Waals surface area contributed by atoms with Gasteiger partial charge in [0.25, 0.3) is 5.91 Å². The lowest BCUT2D eigenvalue weighted by Gasteiger charge is -2.22. The Hall–Kier alpha value is -4.00. The number of ether oxygens (including phenoxy) is 2. The number of hydrogen-bond acceptors (Lipinski definition) is 4. The predicted octanol–water partition coefficient (Wildman–Crippen LogP) is 5.81. The van der Waals surface area contributed by atoms with Crippen LogP contribution in [0.4, 0.5) is 16.2 Å². The van der Waals surface area contributed by atoms with Crippen LogP contribution >= 0.6 is 0 Å². The molecule has 3 aromatic carbocycles. The zero-order valence-electron chi connectivity index (χ0n) is 21.2. The van der Waals surface area contributed by atoms with Crippen molar-refractivity contribution < 1.29 is 19.1 Å². The second kappa shape index (κ2) is 11.2. The van der Waals surface area contributed by atoms with Gasteiger partial charge in [0.15, 0.2) is 6.10 Å². The number of anilines is 2. The molecule has 0 saturated heterocycles. The van der Waals surface area contributed by atoms with Gasteiger partial charge in [0.05, 0.1) is 7.11 Å². The Morgan fingerprint density at radius 3 is 2.36 bits per heavy atom. The first kappa shape index (κ1) is 25.1. The number of benzene rings is 3. The smallest absolute Gasteiger partial charge is 0.323 e. The number of rotatable bonds is 7. The molecule has 1 aliphatic rings. The molecule has 0 saturated carbocycles. The molecule has 1 atom stereocenters. The third-order valence-corrected chi connectivity index (χ3v) is 6.31. The van der Waals surface area contributed by atoms with Crippen molar-refractivity contribution in [3.63, 3.8) is 0 Å². The lowest BCUT2D eigenvalue weighted by atomic mass is 10.0. The number of nitrogens with one attached hydrogen (secondary N) is 2. The van der Waals surface area contributed by atoms with Crippen LogP contribution < -0.4 is 20.1 Å². The van der Waals surface area contributed by atoms with Gasteiger partial charge in [-0.05, 0) is 72.9 Å². The Morgan fingerprint density at radius 2 is 1.69 bits per heavy atom. The number of amides is 3. The average Bonchev–Trinajstić information content (AvgIpc) is 2.99. The molecule has 3 amide bonds. The molecule has 1 aliphatic heterocycles. The van der Waals surface area contributed by atoms with Crippen molar-refractivity contribution >= 4 is 23.3 Å². The van der Waals surface area contributed by atoms with E-state index in [4.69, 9.17) is 9.47 Å². The topological polar surface area (TPSA) is 79.9 Å². The third kappa shape index (κ3) is 6.16. The average molecular weight is 488 g/mol. The molecule has 36 heavy (non-hydrogen) atoms. The van der Waals surface area contributed by atoms with Crippen LogP contribution in [0.25, 0.3) is 0 Å². The number of carbonyl (C=O) groups is 2. The molecule has 0 bridgehead atoms. The number of fused-ring (bicyclic) bond motifs is 1. The summed E-state index contributed by atoms with van der Waals surface area (Å²) < 4.78 is 11.2. The molecule has 7 nitrogen and oxygen atoms in total. The molecule has 0 aromatic heterocycles. The molecule has 7 heteroatoms. The summed E-state index contributed by atoms with van der Waals surface area (Å²) in [6, 6.07) is 20.8. The first-order valence-electron chi connectivity index (χ1n) is 12.2. The summed E-state index contributed by atoms with van der Waals surface area (Å²) in [5.74, 6) is 1.83. The lowest BCUT2D eigenvalue weighted by molar-refractivity contribution is -0.137. The van der Waals surface area contributed by atoms with Gasteiger partial charge in [-0.3, -0.25) is 4.79 Å². The number of methoxy groups -OCH3 is 1. The molecule has 0 aliphatic carbocycles. The summed E-state index contributed by atoms with van der Waals surface area (Å²) in [6.07, 6.45) is 0.131. The summed E-state index contributed by atoms with van der Waals surface area (Å²) in [4.78, 5) is 27.4. The molecule has 2 N–H and O–H groups in total. The molecular weight excluding hydrogens is 454 g/mol. The number of urea groups is 1. The van der Waals surface area contributed by atoms with Crippen molar-refractivity contribution in [2.24, 2.45) is 0 Å². The Balaban J connectivity index is 1.42. The van der Waals surface area contributed by atoms with Crippen LogP contribution in [0, 0.1) is 0 Å². The van der Waals surface area contributed by atoms with Crippen LogP contribution in [0.2, 0.25) is 0 Å². The van der Waals surface area contributed by atoms with E-state index in [2.05, 4.69) is 24.5 Å². The van der Waals surface area contributed by atoms with Gasteiger partial charge in [0.2, 0.25) is 0 Å². The summed E-state index contributed by atoms with van der Waals surface area (Å²) in [6.45, 7) is 6.99. The Bertz CT molecular complexity index is 1210. The molecule has 1 heterocycles. The fraction of sp³-hybridized carbons (Fsp3) is 0.310. The highest BCUT2D eigenvalue weighted by molar-refractivity contribution is 5.99. The SMILES string of the molecule is COc1ccc(CCN2Cc3cc(NC(=O)Nc4ccc(C(C)C)cc4)ccc3OC(C)C2=O)cc1. The van der Waals surface area contributed by atoms with Crippen molar-refractivity contribution in [2.75, 3.05) is 24.3 Å². The van der Waals surface area contributed by atoms with Crippen molar-refractivity contribution in [1.82, 2.24) is 4.90 Å². The summed E-state index contributed by atoms with van der Waals surface area (Å²) in [7, 11) is 1.64. The van der Waals surface area contributed by atoms with E-state index in [-0.39, 0.29) is 11.9 Å². The summed E-state index contributed by atoms with van der Waals surface area (Å²) >= 11 is 0. The van der Waals surface area contributed by atoms with Gasteiger partial charge in [-0.25, -0.2) is 4.79 Å². The largest absolute Gasteiger partial charge is 0.497 e. The van der Waals surface area contributed by atoms with Crippen molar-refractivity contribution in [3.8, 4) is 11.5 Å². The van der Waals surface area contributed by atoms with E-state index < -0.39 is 6.10 Å². The minimum absolute atomic E-state index is 0.0585. The highest BCUT2D eigenvalue weighted by atomic mass is 16.5. The van der Waals surface area contributed by atoms with Crippen LogP contribution in [0.15, 0.2) is 66.7 Å². The van der Waals surface area contributed by atoms with E-state index >= 15 is 0 Å². The maximum absolute atomic E-state index is 13.0. The van der Waals surface area contributed by atoms with Gasteiger partial charge < -0.3 is 25.0 Å². The van der Waals surface area contributed by atoms with E-state index in [1.165, 1.54) is 5.56 Å². The van der Waals surface area contributed by atoms with Crippen LogP contribution in [0.1, 0.15) is 43.4 Å². The van der Waals surface area contributed by atoms with Crippen LogP contribution in [0.5, 0.6) is 11.5 Å². The third-order valence-electron chi connectivity index (χ3n) is 6.31.